The van der Waals surface area contributed by atoms with Crippen LogP contribution in [-0.4, -0.2) is 20.8 Å². The second-order valence-electron chi connectivity index (χ2n) is 6.93. The Balaban J connectivity index is 1.58. The summed E-state index contributed by atoms with van der Waals surface area (Å²) >= 11 is 0. The van der Waals surface area contributed by atoms with Crippen LogP contribution in [0, 0.1) is 17.8 Å². The van der Waals surface area contributed by atoms with Gasteiger partial charge in [0.2, 0.25) is 0 Å². The standard InChI is InChI=1S/C18H24N2O/c1-2-7-20-16-6-4-3-5-15(16)19-18(20)11-17(21)14-9-12-8-13(12)10-14/h3-6,12-14,17,21H,2,7-11H2,1H3. The first kappa shape index (κ1) is 13.3. The molecule has 3 unspecified atom stereocenters. The Labute approximate surface area is 126 Å². The molecular formula is C18H24N2O. The van der Waals surface area contributed by atoms with Crippen molar-refractivity contribution in [3.05, 3.63) is 30.1 Å². The molecule has 4 rings (SSSR count). The smallest absolute Gasteiger partial charge is 0.112 e. The maximum absolute atomic E-state index is 10.6. The van der Waals surface area contributed by atoms with Crippen LogP contribution >= 0.6 is 0 Å². The van der Waals surface area contributed by atoms with Crippen molar-refractivity contribution in [2.24, 2.45) is 17.8 Å². The molecule has 0 amide bonds. The van der Waals surface area contributed by atoms with Crippen LogP contribution < -0.4 is 0 Å². The minimum Gasteiger partial charge on any atom is -0.392 e. The molecule has 0 aliphatic heterocycles. The minimum atomic E-state index is -0.217. The summed E-state index contributed by atoms with van der Waals surface area (Å²) in [6.07, 6.45) is 5.47. The highest BCUT2D eigenvalue weighted by Gasteiger charge is 2.47. The number of aromatic nitrogens is 2. The van der Waals surface area contributed by atoms with Crippen molar-refractivity contribution in [3.8, 4) is 0 Å². The Morgan fingerprint density at radius 2 is 2.00 bits per heavy atom. The second-order valence-corrected chi connectivity index (χ2v) is 6.93. The van der Waals surface area contributed by atoms with Crippen LogP contribution in [0.4, 0.5) is 0 Å². The fraction of sp³-hybridized carbons (Fsp3) is 0.611. The zero-order valence-electron chi connectivity index (χ0n) is 12.7. The summed E-state index contributed by atoms with van der Waals surface area (Å²) in [6, 6.07) is 8.32. The maximum Gasteiger partial charge on any atom is 0.112 e. The first-order valence-corrected chi connectivity index (χ1v) is 8.38. The second kappa shape index (κ2) is 5.13. The number of aryl methyl sites for hydroxylation is 1. The van der Waals surface area contributed by atoms with E-state index in [-0.39, 0.29) is 6.10 Å². The van der Waals surface area contributed by atoms with Gasteiger partial charge in [-0.1, -0.05) is 19.1 Å². The lowest BCUT2D eigenvalue weighted by molar-refractivity contribution is 0.101. The molecule has 2 aromatic rings. The SMILES string of the molecule is CCCn1c(CC(O)C2CC3CC3C2)nc2ccccc21. The average molecular weight is 284 g/mol. The summed E-state index contributed by atoms with van der Waals surface area (Å²) < 4.78 is 2.30. The topological polar surface area (TPSA) is 38.0 Å². The van der Waals surface area contributed by atoms with Gasteiger partial charge in [-0.25, -0.2) is 4.98 Å². The number of imidazole rings is 1. The number of benzene rings is 1. The monoisotopic (exact) mass is 284 g/mol. The Bertz CT molecular complexity index is 638. The van der Waals surface area contributed by atoms with Crippen molar-refractivity contribution in [2.75, 3.05) is 0 Å². The largest absolute Gasteiger partial charge is 0.392 e. The summed E-state index contributed by atoms with van der Waals surface area (Å²) in [6.45, 7) is 3.18. The minimum absolute atomic E-state index is 0.217. The van der Waals surface area contributed by atoms with E-state index in [2.05, 4.69) is 29.7 Å². The molecule has 3 nitrogen and oxygen atoms in total. The summed E-state index contributed by atoms with van der Waals surface area (Å²) in [5.74, 6) is 3.42. The summed E-state index contributed by atoms with van der Waals surface area (Å²) in [4.78, 5) is 4.78. The van der Waals surface area contributed by atoms with Crippen LogP contribution in [0.25, 0.3) is 11.0 Å². The number of aliphatic hydroxyl groups excluding tert-OH is 1. The molecule has 3 heteroatoms. The lowest BCUT2D eigenvalue weighted by Gasteiger charge is -2.19. The molecule has 1 aromatic carbocycles. The van der Waals surface area contributed by atoms with E-state index in [1.807, 2.05) is 6.07 Å². The van der Waals surface area contributed by atoms with Gasteiger partial charge in [-0.2, -0.15) is 0 Å². The Hall–Kier alpha value is -1.35. The molecule has 2 saturated carbocycles. The lowest BCUT2D eigenvalue weighted by Crippen LogP contribution is -2.23. The van der Waals surface area contributed by atoms with Gasteiger partial charge in [0, 0.05) is 13.0 Å². The van der Waals surface area contributed by atoms with Crippen molar-refractivity contribution in [3.63, 3.8) is 0 Å². The Morgan fingerprint density at radius 3 is 2.76 bits per heavy atom. The fourth-order valence-electron chi connectivity index (χ4n) is 4.18. The number of hydrogen-bond donors (Lipinski definition) is 1. The number of hydrogen-bond acceptors (Lipinski definition) is 2. The Morgan fingerprint density at radius 1 is 1.24 bits per heavy atom. The molecule has 0 saturated heterocycles. The van der Waals surface area contributed by atoms with Crippen molar-refractivity contribution < 1.29 is 5.11 Å². The summed E-state index contributed by atoms with van der Waals surface area (Å²) in [5, 5.41) is 10.6. The molecular weight excluding hydrogens is 260 g/mol. The van der Waals surface area contributed by atoms with Gasteiger partial charge in [-0.15, -0.1) is 0 Å². The zero-order valence-corrected chi connectivity index (χ0v) is 12.7. The van der Waals surface area contributed by atoms with Crippen molar-refractivity contribution in [1.82, 2.24) is 9.55 Å². The van der Waals surface area contributed by atoms with Crippen molar-refractivity contribution in [2.45, 2.75) is 51.7 Å². The molecule has 1 aromatic heterocycles. The first-order valence-electron chi connectivity index (χ1n) is 8.38. The molecule has 0 spiro atoms. The van der Waals surface area contributed by atoms with Crippen molar-refractivity contribution in [1.29, 1.82) is 0 Å². The van der Waals surface area contributed by atoms with Gasteiger partial charge in [-0.05, 0) is 55.6 Å². The van der Waals surface area contributed by atoms with E-state index in [1.165, 1.54) is 24.8 Å². The zero-order chi connectivity index (χ0) is 14.4. The van der Waals surface area contributed by atoms with Crippen LogP contribution in [0.5, 0.6) is 0 Å². The van der Waals surface area contributed by atoms with E-state index in [1.54, 1.807) is 0 Å². The van der Waals surface area contributed by atoms with Crippen molar-refractivity contribution >= 4 is 11.0 Å². The third-order valence-electron chi connectivity index (χ3n) is 5.40. The molecule has 112 valence electrons. The molecule has 0 radical (unpaired) electrons. The van der Waals surface area contributed by atoms with E-state index < -0.39 is 0 Å². The highest BCUT2D eigenvalue weighted by Crippen LogP contribution is 2.55. The van der Waals surface area contributed by atoms with E-state index in [0.717, 1.165) is 36.1 Å². The van der Waals surface area contributed by atoms with Crippen LogP contribution in [0.1, 0.15) is 38.4 Å². The molecule has 2 fully saturated rings. The van der Waals surface area contributed by atoms with Gasteiger partial charge >= 0.3 is 0 Å². The molecule has 1 heterocycles. The average Bonchev–Trinajstić information content (AvgIpc) is 2.95. The number of rotatable bonds is 5. The van der Waals surface area contributed by atoms with E-state index in [4.69, 9.17) is 4.98 Å². The fourth-order valence-corrected chi connectivity index (χ4v) is 4.18. The third-order valence-corrected chi connectivity index (χ3v) is 5.40. The number of nitrogens with zero attached hydrogens (tertiary/aromatic N) is 2. The predicted molar refractivity (Wildman–Crippen MR) is 84.1 cm³/mol. The van der Waals surface area contributed by atoms with Gasteiger partial charge < -0.3 is 9.67 Å². The van der Waals surface area contributed by atoms with E-state index >= 15 is 0 Å². The number of fused-ring (bicyclic) bond motifs is 2. The van der Waals surface area contributed by atoms with Crippen LogP contribution in [0.2, 0.25) is 0 Å². The number of aliphatic hydroxyl groups is 1. The van der Waals surface area contributed by atoms with Gasteiger partial charge in [0.25, 0.3) is 0 Å². The van der Waals surface area contributed by atoms with Crippen LogP contribution in [0.3, 0.4) is 0 Å². The molecule has 3 atom stereocenters. The van der Waals surface area contributed by atoms with Gasteiger partial charge in [0.15, 0.2) is 0 Å². The van der Waals surface area contributed by atoms with Gasteiger partial charge in [0.1, 0.15) is 5.82 Å². The van der Waals surface area contributed by atoms with Crippen LogP contribution in [0.15, 0.2) is 24.3 Å². The first-order chi connectivity index (χ1) is 10.3. The predicted octanol–water partition coefficient (Wildman–Crippen LogP) is 3.40. The van der Waals surface area contributed by atoms with Crippen LogP contribution in [-0.2, 0) is 13.0 Å². The van der Waals surface area contributed by atoms with E-state index in [0.29, 0.717) is 12.3 Å². The molecule has 2 aliphatic rings. The molecule has 0 bridgehead atoms. The summed E-state index contributed by atoms with van der Waals surface area (Å²) in [7, 11) is 0. The number of para-hydroxylation sites is 2. The normalized spacial score (nSPS) is 28.8. The molecule has 2 aliphatic carbocycles. The van der Waals surface area contributed by atoms with Gasteiger partial charge in [0.05, 0.1) is 17.1 Å². The van der Waals surface area contributed by atoms with E-state index in [9.17, 15) is 5.11 Å². The molecule has 1 N–H and O–H groups in total. The quantitative estimate of drug-likeness (QED) is 0.914. The maximum atomic E-state index is 10.6. The lowest BCUT2D eigenvalue weighted by atomic mass is 9.94. The summed E-state index contributed by atoms with van der Waals surface area (Å²) in [5.41, 5.74) is 2.26. The highest BCUT2D eigenvalue weighted by molar-refractivity contribution is 5.75. The third kappa shape index (κ3) is 2.38. The highest BCUT2D eigenvalue weighted by atomic mass is 16.3. The van der Waals surface area contributed by atoms with Gasteiger partial charge in [-0.3, -0.25) is 0 Å². The Kier molecular flexibility index (Phi) is 3.26. The molecule has 21 heavy (non-hydrogen) atoms.